The van der Waals surface area contributed by atoms with E-state index >= 15 is 0 Å². The zero-order chi connectivity index (χ0) is 14.8. The normalized spacial score (nSPS) is 12.0. The molecule has 0 saturated heterocycles. The summed E-state index contributed by atoms with van der Waals surface area (Å²) in [4.78, 5) is 0. The molecule has 1 N–H and O–H groups in total. The largest absolute Gasteiger partial charge is 0.381 e. The van der Waals surface area contributed by atoms with Gasteiger partial charge in [-0.25, -0.2) is 17.2 Å². The average Bonchev–Trinajstić information content (AvgIpc) is 2.29. The van der Waals surface area contributed by atoms with Gasteiger partial charge in [0.2, 0.25) is 0 Å². The summed E-state index contributed by atoms with van der Waals surface area (Å²) in [5, 5.41) is 11.1. The van der Waals surface area contributed by atoms with E-state index in [2.05, 4.69) is 5.32 Å². The number of nitriles is 1. The predicted octanol–water partition coefficient (Wildman–Crippen LogP) is 2.07. The highest BCUT2D eigenvalue weighted by Gasteiger charge is 2.30. The molecule has 7 heteroatoms. The fourth-order valence-electron chi connectivity index (χ4n) is 1.21. The van der Waals surface area contributed by atoms with Crippen molar-refractivity contribution in [3.8, 4) is 6.07 Å². The molecule has 0 radical (unpaired) electrons. The van der Waals surface area contributed by atoms with Crippen molar-refractivity contribution >= 4 is 15.5 Å². The summed E-state index contributed by atoms with van der Waals surface area (Å²) < 4.78 is 48.8. The summed E-state index contributed by atoms with van der Waals surface area (Å²) in [5.74, 6) is -2.44. The second-order valence-electron chi connectivity index (χ2n) is 4.79. The third-order valence-electron chi connectivity index (χ3n) is 2.91. The van der Waals surface area contributed by atoms with Gasteiger partial charge in [-0.3, -0.25) is 0 Å². The van der Waals surface area contributed by atoms with Gasteiger partial charge in [-0.1, -0.05) is 0 Å². The number of hydrogen-bond acceptors (Lipinski definition) is 4. The highest BCUT2D eigenvalue weighted by Crippen LogP contribution is 2.22. The summed E-state index contributed by atoms with van der Waals surface area (Å²) in [5.41, 5.74) is -0.571. The van der Waals surface area contributed by atoms with Crippen molar-refractivity contribution < 1.29 is 17.2 Å². The Bertz CT molecular complexity index is 634. The van der Waals surface area contributed by atoms with Gasteiger partial charge in [-0.05, 0) is 26.0 Å². The first-order valence-corrected chi connectivity index (χ1v) is 7.31. The Balaban J connectivity index is 2.98. The minimum absolute atomic E-state index is 0.0753. The Kier molecular flexibility index (Phi) is 4.15. The van der Waals surface area contributed by atoms with E-state index in [9.17, 15) is 17.2 Å². The van der Waals surface area contributed by atoms with Crippen LogP contribution >= 0.6 is 0 Å². The second kappa shape index (κ2) is 5.13. The molecule has 1 aromatic carbocycles. The Morgan fingerprint density at radius 3 is 2.37 bits per heavy atom. The van der Waals surface area contributed by atoms with E-state index < -0.39 is 31.8 Å². The topological polar surface area (TPSA) is 70.0 Å². The van der Waals surface area contributed by atoms with Gasteiger partial charge in [0.15, 0.2) is 21.5 Å². The van der Waals surface area contributed by atoms with E-state index in [1.54, 1.807) is 0 Å². The van der Waals surface area contributed by atoms with Crippen LogP contribution in [0.4, 0.5) is 14.5 Å². The standard InChI is InChI=1S/C12H14F2N2O2S/c1-12(2,19(3,17)18)7-16-9-5-4-8(6-15)10(13)11(9)14/h4-5,16H,7H2,1-3H3. The summed E-state index contributed by atoms with van der Waals surface area (Å²) in [7, 11) is -3.34. The molecule has 0 unspecified atom stereocenters. The third kappa shape index (κ3) is 3.20. The predicted molar refractivity (Wildman–Crippen MR) is 68.5 cm³/mol. The zero-order valence-electron chi connectivity index (χ0n) is 10.8. The van der Waals surface area contributed by atoms with Crippen LogP contribution in [0.15, 0.2) is 12.1 Å². The van der Waals surface area contributed by atoms with Gasteiger partial charge in [-0.2, -0.15) is 5.26 Å². The fraction of sp³-hybridized carbons (Fsp3) is 0.417. The van der Waals surface area contributed by atoms with Crippen molar-refractivity contribution in [1.82, 2.24) is 0 Å². The van der Waals surface area contributed by atoms with Crippen LogP contribution in [0.3, 0.4) is 0 Å². The van der Waals surface area contributed by atoms with Crippen LogP contribution in [-0.2, 0) is 9.84 Å². The molecule has 0 fully saturated rings. The van der Waals surface area contributed by atoms with Gasteiger partial charge in [0.05, 0.1) is 16.0 Å². The van der Waals surface area contributed by atoms with E-state index in [4.69, 9.17) is 5.26 Å². The number of rotatable bonds is 4. The quantitative estimate of drug-likeness (QED) is 0.920. The molecule has 4 nitrogen and oxygen atoms in total. The van der Waals surface area contributed by atoms with Crippen molar-refractivity contribution in [1.29, 1.82) is 5.26 Å². The summed E-state index contributed by atoms with van der Waals surface area (Å²) in [6.07, 6.45) is 1.07. The number of anilines is 1. The first-order chi connectivity index (χ1) is 8.60. The molecule has 0 atom stereocenters. The van der Waals surface area contributed by atoms with Crippen LogP contribution in [0.2, 0.25) is 0 Å². The molecule has 104 valence electrons. The fourth-order valence-corrected chi connectivity index (χ4v) is 1.55. The first kappa shape index (κ1) is 15.4. The van der Waals surface area contributed by atoms with Gasteiger partial charge in [0, 0.05) is 12.8 Å². The molecule has 0 saturated carbocycles. The van der Waals surface area contributed by atoms with Crippen LogP contribution in [0, 0.1) is 23.0 Å². The molecule has 1 aromatic rings. The average molecular weight is 288 g/mol. The van der Waals surface area contributed by atoms with Gasteiger partial charge in [0.25, 0.3) is 0 Å². The Morgan fingerprint density at radius 2 is 1.89 bits per heavy atom. The Labute approximate surface area is 111 Å². The highest BCUT2D eigenvalue weighted by molar-refractivity contribution is 7.92. The maximum atomic E-state index is 13.6. The lowest BCUT2D eigenvalue weighted by Crippen LogP contribution is -2.38. The van der Waals surface area contributed by atoms with E-state index in [0.717, 1.165) is 12.3 Å². The molecular formula is C12H14F2N2O2S. The monoisotopic (exact) mass is 288 g/mol. The Morgan fingerprint density at radius 1 is 1.32 bits per heavy atom. The number of nitrogens with zero attached hydrogens (tertiary/aromatic N) is 1. The molecule has 0 aromatic heterocycles. The summed E-state index contributed by atoms with van der Waals surface area (Å²) in [6.45, 7) is 2.88. The highest BCUT2D eigenvalue weighted by atomic mass is 32.2. The number of benzene rings is 1. The van der Waals surface area contributed by atoms with Crippen LogP contribution < -0.4 is 5.32 Å². The number of sulfone groups is 1. The lowest BCUT2D eigenvalue weighted by Gasteiger charge is -2.23. The van der Waals surface area contributed by atoms with E-state index in [-0.39, 0.29) is 12.2 Å². The minimum Gasteiger partial charge on any atom is -0.381 e. The van der Waals surface area contributed by atoms with Crippen molar-refractivity contribution in [2.45, 2.75) is 18.6 Å². The molecule has 0 spiro atoms. The molecule has 0 amide bonds. The van der Waals surface area contributed by atoms with Crippen molar-refractivity contribution in [2.75, 3.05) is 18.1 Å². The number of nitrogens with one attached hydrogen (secondary N) is 1. The van der Waals surface area contributed by atoms with Crippen molar-refractivity contribution in [2.24, 2.45) is 0 Å². The molecule has 0 aliphatic heterocycles. The molecule has 1 rings (SSSR count). The molecule has 0 aliphatic carbocycles. The smallest absolute Gasteiger partial charge is 0.183 e. The zero-order valence-corrected chi connectivity index (χ0v) is 11.6. The molecule has 19 heavy (non-hydrogen) atoms. The SMILES string of the molecule is CC(C)(CNc1ccc(C#N)c(F)c1F)S(C)(=O)=O. The van der Waals surface area contributed by atoms with Crippen molar-refractivity contribution in [3.05, 3.63) is 29.3 Å². The summed E-state index contributed by atoms with van der Waals surface area (Å²) >= 11 is 0. The third-order valence-corrected chi connectivity index (χ3v) is 5.06. The second-order valence-corrected chi connectivity index (χ2v) is 7.44. The van der Waals surface area contributed by atoms with E-state index in [1.807, 2.05) is 0 Å². The molecule has 0 heterocycles. The van der Waals surface area contributed by atoms with Gasteiger partial charge in [-0.15, -0.1) is 0 Å². The van der Waals surface area contributed by atoms with Crippen LogP contribution in [-0.4, -0.2) is 26.0 Å². The Hall–Kier alpha value is -1.68. The van der Waals surface area contributed by atoms with E-state index in [0.29, 0.717) is 0 Å². The molecule has 0 aliphatic rings. The van der Waals surface area contributed by atoms with E-state index in [1.165, 1.54) is 26.0 Å². The van der Waals surface area contributed by atoms with Crippen LogP contribution in [0.25, 0.3) is 0 Å². The van der Waals surface area contributed by atoms with Crippen LogP contribution in [0.5, 0.6) is 0 Å². The van der Waals surface area contributed by atoms with Crippen LogP contribution in [0.1, 0.15) is 19.4 Å². The maximum Gasteiger partial charge on any atom is 0.183 e. The number of halogens is 2. The van der Waals surface area contributed by atoms with Gasteiger partial charge >= 0.3 is 0 Å². The summed E-state index contributed by atoms with van der Waals surface area (Å²) in [6, 6.07) is 3.86. The van der Waals surface area contributed by atoms with Crippen molar-refractivity contribution in [3.63, 3.8) is 0 Å². The van der Waals surface area contributed by atoms with Gasteiger partial charge in [0.1, 0.15) is 6.07 Å². The van der Waals surface area contributed by atoms with Gasteiger partial charge < -0.3 is 5.32 Å². The number of hydrogen-bond donors (Lipinski definition) is 1. The first-order valence-electron chi connectivity index (χ1n) is 5.42. The maximum absolute atomic E-state index is 13.6. The minimum atomic E-state index is -3.34. The molecule has 0 bridgehead atoms. The lowest BCUT2D eigenvalue weighted by atomic mass is 10.1. The lowest BCUT2D eigenvalue weighted by molar-refractivity contribution is 0.507. The molecular weight excluding hydrogens is 274 g/mol.